The fraction of sp³-hybridized carbons (Fsp3) is 0.136. The van der Waals surface area contributed by atoms with Gasteiger partial charge in [0.15, 0.2) is 5.76 Å². The number of benzene rings is 2. The summed E-state index contributed by atoms with van der Waals surface area (Å²) >= 11 is 0. The van der Waals surface area contributed by atoms with E-state index in [4.69, 9.17) is 13.6 Å². The van der Waals surface area contributed by atoms with Crippen molar-refractivity contribution in [1.29, 1.82) is 0 Å². The third kappa shape index (κ3) is 3.89. The van der Waals surface area contributed by atoms with Crippen molar-refractivity contribution in [1.82, 2.24) is 10.2 Å². The second kappa shape index (κ2) is 8.02. The fourth-order valence-electron chi connectivity index (χ4n) is 2.92. The number of amides is 1. The van der Waals surface area contributed by atoms with Crippen molar-refractivity contribution < 1.29 is 18.4 Å². The van der Waals surface area contributed by atoms with Crippen LogP contribution in [-0.4, -0.2) is 23.2 Å². The molecule has 0 saturated carbocycles. The van der Waals surface area contributed by atoms with Gasteiger partial charge in [-0.1, -0.05) is 19.1 Å². The molecule has 2 heterocycles. The summed E-state index contributed by atoms with van der Waals surface area (Å²) in [7, 11) is 1.55. The number of nitrogens with one attached hydrogen (secondary N) is 1. The lowest BCUT2D eigenvalue weighted by atomic mass is 10.1. The fourth-order valence-corrected chi connectivity index (χ4v) is 2.92. The maximum absolute atomic E-state index is 12.8. The number of carbonyl (C=O) groups is 1. The minimum absolute atomic E-state index is 0.254. The first kappa shape index (κ1) is 18.5. The van der Waals surface area contributed by atoms with E-state index in [2.05, 4.69) is 15.5 Å². The SMILES string of the molecule is CCc1ccc(OC)c(C(=O)Nc2cccc(-c3nnc(-c4ccco4)o3)c2)c1. The van der Waals surface area contributed by atoms with Crippen molar-refractivity contribution in [3.63, 3.8) is 0 Å². The molecule has 0 aliphatic heterocycles. The van der Waals surface area contributed by atoms with E-state index in [1.54, 1.807) is 43.5 Å². The van der Waals surface area contributed by atoms with E-state index in [9.17, 15) is 4.79 Å². The lowest BCUT2D eigenvalue weighted by Gasteiger charge is -2.11. The van der Waals surface area contributed by atoms with Crippen molar-refractivity contribution in [2.24, 2.45) is 0 Å². The van der Waals surface area contributed by atoms with E-state index in [1.807, 2.05) is 25.1 Å². The Morgan fingerprint density at radius 2 is 1.93 bits per heavy atom. The Balaban J connectivity index is 1.58. The minimum Gasteiger partial charge on any atom is -0.496 e. The maximum atomic E-state index is 12.8. The van der Waals surface area contributed by atoms with Gasteiger partial charge in [-0.05, 0) is 54.4 Å². The Hall–Kier alpha value is -3.87. The number of hydrogen-bond donors (Lipinski definition) is 1. The predicted molar refractivity (Wildman–Crippen MR) is 108 cm³/mol. The average molecular weight is 389 g/mol. The molecule has 4 aromatic rings. The second-order valence-electron chi connectivity index (χ2n) is 6.31. The van der Waals surface area contributed by atoms with Gasteiger partial charge in [0.2, 0.25) is 5.89 Å². The average Bonchev–Trinajstić information content (AvgIpc) is 3.45. The maximum Gasteiger partial charge on any atom is 0.283 e. The van der Waals surface area contributed by atoms with Gasteiger partial charge >= 0.3 is 0 Å². The van der Waals surface area contributed by atoms with Crippen LogP contribution >= 0.6 is 0 Å². The first-order valence-electron chi connectivity index (χ1n) is 9.14. The summed E-state index contributed by atoms with van der Waals surface area (Å²) in [5.41, 5.74) is 2.83. The van der Waals surface area contributed by atoms with Crippen molar-refractivity contribution in [3.05, 3.63) is 72.0 Å². The molecule has 0 bridgehead atoms. The molecular weight excluding hydrogens is 370 g/mol. The van der Waals surface area contributed by atoms with Gasteiger partial charge in [-0.15, -0.1) is 10.2 Å². The van der Waals surface area contributed by atoms with Gasteiger partial charge in [0, 0.05) is 11.3 Å². The monoisotopic (exact) mass is 389 g/mol. The molecule has 7 nitrogen and oxygen atoms in total. The number of hydrogen-bond acceptors (Lipinski definition) is 6. The molecule has 1 amide bonds. The Kier molecular flexibility index (Phi) is 5.11. The number of rotatable bonds is 6. The van der Waals surface area contributed by atoms with Crippen molar-refractivity contribution >= 4 is 11.6 Å². The highest BCUT2D eigenvalue weighted by Gasteiger charge is 2.15. The number of nitrogens with zero attached hydrogens (tertiary/aromatic N) is 2. The molecule has 2 aromatic heterocycles. The van der Waals surface area contributed by atoms with Gasteiger partial charge in [0.25, 0.3) is 11.8 Å². The molecule has 0 fully saturated rings. The van der Waals surface area contributed by atoms with Crippen molar-refractivity contribution in [2.75, 3.05) is 12.4 Å². The molecule has 7 heteroatoms. The molecule has 0 unspecified atom stereocenters. The third-order valence-electron chi connectivity index (χ3n) is 4.44. The molecule has 0 aliphatic rings. The highest BCUT2D eigenvalue weighted by Crippen LogP contribution is 2.27. The van der Waals surface area contributed by atoms with Crippen LogP contribution in [-0.2, 0) is 6.42 Å². The number of ether oxygens (including phenoxy) is 1. The van der Waals surface area contributed by atoms with Gasteiger partial charge in [0.05, 0.1) is 18.9 Å². The topological polar surface area (TPSA) is 90.4 Å². The highest BCUT2D eigenvalue weighted by molar-refractivity contribution is 6.06. The Bertz CT molecular complexity index is 1130. The van der Waals surface area contributed by atoms with Gasteiger partial charge in [-0.3, -0.25) is 4.79 Å². The van der Waals surface area contributed by atoms with E-state index in [-0.39, 0.29) is 5.91 Å². The number of anilines is 1. The molecule has 0 saturated heterocycles. The Labute approximate surface area is 167 Å². The second-order valence-corrected chi connectivity index (χ2v) is 6.31. The van der Waals surface area contributed by atoms with Crippen LogP contribution in [0.25, 0.3) is 23.1 Å². The van der Waals surface area contributed by atoms with Gasteiger partial charge in [0.1, 0.15) is 5.75 Å². The van der Waals surface area contributed by atoms with Crippen LogP contribution in [0.15, 0.2) is 69.7 Å². The molecule has 146 valence electrons. The van der Waals surface area contributed by atoms with E-state index < -0.39 is 0 Å². The van der Waals surface area contributed by atoms with E-state index in [0.717, 1.165) is 12.0 Å². The summed E-state index contributed by atoms with van der Waals surface area (Å²) in [6.07, 6.45) is 2.37. The number of furan rings is 1. The summed E-state index contributed by atoms with van der Waals surface area (Å²) in [4.78, 5) is 12.8. The zero-order valence-electron chi connectivity index (χ0n) is 16.0. The van der Waals surface area contributed by atoms with Crippen LogP contribution < -0.4 is 10.1 Å². The van der Waals surface area contributed by atoms with Crippen molar-refractivity contribution in [2.45, 2.75) is 13.3 Å². The van der Waals surface area contributed by atoms with Crippen molar-refractivity contribution in [3.8, 4) is 28.9 Å². The Morgan fingerprint density at radius 1 is 1.07 bits per heavy atom. The first-order chi connectivity index (χ1) is 14.2. The molecule has 0 spiro atoms. The summed E-state index contributed by atoms with van der Waals surface area (Å²) < 4.78 is 16.3. The molecular formula is C22H19N3O4. The third-order valence-corrected chi connectivity index (χ3v) is 4.44. The summed E-state index contributed by atoms with van der Waals surface area (Å²) in [5.74, 6) is 1.39. The smallest absolute Gasteiger partial charge is 0.283 e. The number of methoxy groups -OCH3 is 1. The lowest BCUT2D eigenvalue weighted by Crippen LogP contribution is -2.13. The van der Waals surface area contributed by atoms with Gasteiger partial charge < -0.3 is 18.9 Å². The van der Waals surface area contributed by atoms with Crippen LogP contribution in [0.3, 0.4) is 0 Å². The molecule has 0 radical (unpaired) electrons. The van der Waals surface area contributed by atoms with Crippen LogP contribution in [0.2, 0.25) is 0 Å². The summed E-state index contributed by atoms with van der Waals surface area (Å²) in [6.45, 7) is 2.04. The standard InChI is InChI=1S/C22H19N3O4/c1-3-14-9-10-18(27-2)17(12-14)20(26)23-16-7-4-6-15(13-16)21-24-25-22(29-21)19-8-5-11-28-19/h4-13H,3H2,1-2H3,(H,23,26). The number of carbonyl (C=O) groups excluding carboxylic acids is 1. The lowest BCUT2D eigenvalue weighted by molar-refractivity contribution is 0.102. The largest absolute Gasteiger partial charge is 0.496 e. The van der Waals surface area contributed by atoms with Crippen LogP contribution in [0.4, 0.5) is 5.69 Å². The van der Waals surface area contributed by atoms with Gasteiger partial charge in [-0.25, -0.2) is 0 Å². The highest BCUT2D eigenvalue weighted by atomic mass is 16.5. The molecule has 1 N–H and O–H groups in total. The molecule has 4 rings (SSSR count). The molecule has 0 atom stereocenters. The molecule has 29 heavy (non-hydrogen) atoms. The zero-order chi connectivity index (χ0) is 20.2. The quantitative estimate of drug-likeness (QED) is 0.508. The van der Waals surface area contributed by atoms with Crippen LogP contribution in [0, 0.1) is 0 Å². The normalized spacial score (nSPS) is 10.7. The molecule has 2 aromatic carbocycles. The number of aryl methyl sites for hydroxylation is 1. The van der Waals surface area contributed by atoms with Crippen LogP contribution in [0.5, 0.6) is 5.75 Å². The number of aromatic nitrogens is 2. The van der Waals surface area contributed by atoms with E-state index in [1.165, 1.54) is 6.26 Å². The Morgan fingerprint density at radius 3 is 2.69 bits per heavy atom. The minimum atomic E-state index is -0.254. The summed E-state index contributed by atoms with van der Waals surface area (Å²) in [6, 6.07) is 16.3. The van der Waals surface area contributed by atoms with Crippen LogP contribution in [0.1, 0.15) is 22.8 Å². The summed E-state index contributed by atoms with van der Waals surface area (Å²) in [5, 5.41) is 11.0. The van der Waals surface area contributed by atoms with E-state index in [0.29, 0.717) is 40.1 Å². The van der Waals surface area contributed by atoms with Gasteiger partial charge in [-0.2, -0.15) is 0 Å². The predicted octanol–water partition coefficient (Wildman–Crippen LogP) is 4.82. The first-order valence-corrected chi connectivity index (χ1v) is 9.14. The zero-order valence-corrected chi connectivity index (χ0v) is 16.0. The van der Waals surface area contributed by atoms with E-state index >= 15 is 0 Å². The molecule has 0 aliphatic carbocycles.